The highest BCUT2D eigenvalue weighted by atomic mass is 32.2. The molecule has 162 valence electrons. The fraction of sp³-hybridized carbons (Fsp3) is 0.381. The number of nitrogens with zero attached hydrogens (tertiary/aromatic N) is 1. The van der Waals surface area contributed by atoms with Crippen molar-refractivity contribution in [3.63, 3.8) is 0 Å². The van der Waals surface area contributed by atoms with Gasteiger partial charge in [0.25, 0.3) is 5.91 Å². The average Bonchev–Trinajstić information content (AvgIpc) is 2.78. The van der Waals surface area contributed by atoms with Crippen LogP contribution in [0.3, 0.4) is 0 Å². The first-order chi connectivity index (χ1) is 14.4. The lowest BCUT2D eigenvalue weighted by atomic mass is 10.1. The summed E-state index contributed by atoms with van der Waals surface area (Å²) in [7, 11) is -2.31. The highest BCUT2D eigenvalue weighted by Gasteiger charge is 2.25. The number of rotatable bonds is 7. The number of methoxy groups -OCH3 is 1. The van der Waals surface area contributed by atoms with Gasteiger partial charge in [-0.05, 0) is 37.4 Å². The van der Waals surface area contributed by atoms with E-state index in [4.69, 9.17) is 9.47 Å². The number of para-hydroxylation sites is 1. The summed E-state index contributed by atoms with van der Waals surface area (Å²) < 4.78 is 39.5. The Hall–Kier alpha value is -2.07. The van der Waals surface area contributed by atoms with Crippen LogP contribution in [0, 0.1) is 0 Å². The minimum absolute atomic E-state index is 0.0543. The Morgan fingerprint density at radius 2 is 1.90 bits per heavy atom. The van der Waals surface area contributed by atoms with Gasteiger partial charge in [0.15, 0.2) is 0 Å². The van der Waals surface area contributed by atoms with E-state index < -0.39 is 16.1 Å². The van der Waals surface area contributed by atoms with Gasteiger partial charge in [-0.1, -0.05) is 18.2 Å². The smallest absolute Gasteiger partial charge is 0.255 e. The van der Waals surface area contributed by atoms with Gasteiger partial charge in [0.2, 0.25) is 10.0 Å². The molecule has 1 aliphatic heterocycles. The van der Waals surface area contributed by atoms with Gasteiger partial charge < -0.3 is 14.4 Å². The minimum atomic E-state index is -3.85. The standard InChI is InChI=1S/C21H26N2O5S2/c1-15(17-6-4-5-7-19(17)27-2)22-30(25,26)16-8-9-20(29-3)18(14-16)21(24)23-10-12-28-13-11-23/h4-9,14-15,22H,10-13H2,1-3H3. The molecule has 1 aliphatic rings. The third-order valence-corrected chi connectivity index (χ3v) is 7.28. The van der Waals surface area contributed by atoms with Crippen LogP contribution in [-0.4, -0.2) is 58.9 Å². The minimum Gasteiger partial charge on any atom is -0.496 e. The maximum Gasteiger partial charge on any atom is 0.255 e. The molecule has 0 bridgehead atoms. The molecular formula is C21H26N2O5S2. The van der Waals surface area contributed by atoms with Crippen LogP contribution in [0.4, 0.5) is 0 Å². The molecule has 1 unspecified atom stereocenters. The summed E-state index contributed by atoms with van der Waals surface area (Å²) in [5, 5.41) is 0. The second-order valence-corrected chi connectivity index (χ2v) is 9.41. The summed E-state index contributed by atoms with van der Waals surface area (Å²) in [6.07, 6.45) is 1.86. The van der Waals surface area contributed by atoms with Crippen molar-refractivity contribution in [3.8, 4) is 5.75 Å². The number of thioether (sulfide) groups is 1. The second kappa shape index (κ2) is 9.82. The van der Waals surface area contributed by atoms with Crippen molar-refractivity contribution in [1.29, 1.82) is 0 Å². The summed E-state index contributed by atoms with van der Waals surface area (Å²) in [5.41, 5.74) is 1.12. The normalized spacial score (nSPS) is 15.6. The maximum atomic E-state index is 13.1. The van der Waals surface area contributed by atoms with Gasteiger partial charge >= 0.3 is 0 Å². The fourth-order valence-electron chi connectivity index (χ4n) is 3.35. The molecule has 2 aromatic rings. The van der Waals surface area contributed by atoms with Gasteiger partial charge in [-0.15, -0.1) is 11.8 Å². The van der Waals surface area contributed by atoms with Crippen molar-refractivity contribution in [1.82, 2.24) is 9.62 Å². The Kier molecular flexibility index (Phi) is 7.41. The zero-order valence-corrected chi connectivity index (χ0v) is 18.9. The molecule has 1 fully saturated rings. The Balaban J connectivity index is 1.89. The first-order valence-corrected chi connectivity index (χ1v) is 12.3. The van der Waals surface area contributed by atoms with Crippen LogP contribution < -0.4 is 9.46 Å². The van der Waals surface area contributed by atoms with E-state index in [9.17, 15) is 13.2 Å². The fourth-order valence-corrected chi connectivity index (χ4v) is 5.17. The largest absolute Gasteiger partial charge is 0.496 e. The molecule has 3 rings (SSSR count). The predicted molar refractivity (Wildman–Crippen MR) is 117 cm³/mol. The van der Waals surface area contributed by atoms with E-state index in [0.717, 1.165) is 10.5 Å². The molecule has 9 heteroatoms. The quantitative estimate of drug-likeness (QED) is 0.653. The lowest BCUT2D eigenvalue weighted by Gasteiger charge is -2.27. The van der Waals surface area contributed by atoms with E-state index in [2.05, 4.69) is 4.72 Å². The monoisotopic (exact) mass is 450 g/mol. The Bertz CT molecular complexity index is 1000. The zero-order chi connectivity index (χ0) is 21.7. The Morgan fingerprint density at radius 1 is 1.20 bits per heavy atom. The van der Waals surface area contributed by atoms with Gasteiger partial charge in [-0.2, -0.15) is 0 Å². The van der Waals surface area contributed by atoms with Gasteiger partial charge in [0.1, 0.15) is 5.75 Å². The Morgan fingerprint density at radius 3 is 2.57 bits per heavy atom. The van der Waals surface area contributed by atoms with E-state index in [-0.39, 0.29) is 10.8 Å². The van der Waals surface area contributed by atoms with Crippen LogP contribution in [0.1, 0.15) is 28.9 Å². The van der Waals surface area contributed by atoms with Gasteiger partial charge in [-0.3, -0.25) is 4.79 Å². The lowest BCUT2D eigenvalue weighted by molar-refractivity contribution is 0.0300. The Labute approximate surface area is 181 Å². The molecule has 0 saturated carbocycles. The van der Waals surface area contributed by atoms with Gasteiger partial charge in [-0.25, -0.2) is 13.1 Å². The summed E-state index contributed by atoms with van der Waals surface area (Å²) in [4.78, 5) is 15.5. The van der Waals surface area contributed by atoms with Crippen molar-refractivity contribution < 1.29 is 22.7 Å². The molecule has 1 saturated heterocycles. The zero-order valence-electron chi connectivity index (χ0n) is 17.3. The number of benzene rings is 2. The molecular weight excluding hydrogens is 424 g/mol. The molecule has 0 radical (unpaired) electrons. The van der Waals surface area contributed by atoms with E-state index in [1.54, 1.807) is 31.1 Å². The molecule has 0 aliphatic carbocycles. The van der Waals surface area contributed by atoms with E-state index in [1.807, 2.05) is 24.5 Å². The molecule has 30 heavy (non-hydrogen) atoms. The topological polar surface area (TPSA) is 84.9 Å². The molecule has 1 N–H and O–H groups in total. The molecule has 7 nitrogen and oxygen atoms in total. The SMILES string of the molecule is COc1ccccc1C(C)NS(=O)(=O)c1ccc(SC)c(C(=O)N2CCOCC2)c1. The van der Waals surface area contributed by atoms with Crippen molar-refractivity contribution in [2.75, 3.05) is 39.7 Å². The first kappa shape index (κ1) is 22.6. The number of amides is 1. The summed E-state index contributed by atoms with van der Waals surface area (Å²) in [6, 6.07) is 11.4. The highest BCUT2D eigenvalue weighted by molar-refractivity contribution is 7.98. The summed E-state index contributed by atoms with van der Waals surface area (Å²) in [6.45, 7) is 3.71. The van der Waals surface area contributed by atoms with Gasteiger partial charge in [0, 0.05) is 29.6 Å². The third kappa shape index (κ3) is 4.97. The molecule has 2 aromatic carbocycles. The predicted octanol–water partition coefficient (Wildman–Crippen LogP) is 2.93. The number of hydrogen-bond donors (Lipinski definition) is 1. The van der Waals surface area contributed by atoms with Crippen LogP contribution in [-0.2, 0) is 14.8 Å². The van der Waals surface area contributed by atoms with Crippen LogP contribution in [0.5, 0.6) is 5.75 Å². The number of carbonyl (C=O) groups is 1. The molecule has 1 amide bonds. The summed E-state index contributed by atoms with van der Waals surface area (Å²) >= 11 is 1.41. The van der Waals surface area contributed by atoms with Crippen molar-refractivity contribution in [2.45, 2.75) is 22.8 Å². The molecule has 1 atom stereocenters. The average molecular weight is 451 g/mol. The number of sulfonamides is 1. The highest BCUT2D eigenvalue weighted by Crippen LogP contribution is 2.28. The van der Waals surface area contributed by atoms with Crippen molar-refractivity contribution in [3.05, 3.63) is 53.6 Å². The van der Waals surface area contributed by atoms with Gasteiger partial charge in [0.05, 0.1) is 30.8 Å². The number of ether oxygens (including phenoxy) is 2. The first-order valence-electron chi connectivity index (χ1n) is 9.57. The molecule has 1 heterocycles. The maximum absolute atomic E-state index is 13.1. The lowest BCUT2D eigenvalue weighted by Crippen LogP contribution is -2.41. The molecule has 0 aromatic heterocycles. The van der Waals surface area contributed by atoms with Crippen LogP contribution in [0.15, 0.2) is 52.3 Å². The van der Waals surface area contributed by atoms with Crippen LogP contribution in [0.25, 0.3) is 0 Å². The van der Waals surface area contributed by atoms with Crippen molar-refractivity contribution >= 4 is 27.7 Å². The number of nitrogens with one attached hydrogen (secondary N) is 1. The van der Waals surface area contributed by atoms with Crippen molar-refractivity contribution in [2.24, 2.45) is 0 Å². The van der Waals surface area contributed by atoms with E-state index in [1.165, 1.54) is 23.9 Å². The van der Waals surface area contributed by atoms with Crippen LogP contribution >= 0.6 is 11.8 Å². The van der Waals surface area contributed by atoms with E-state index in [0.29, 0.717) is 37.6 Å². The number of hydrogen-bond acceptors (Lipinski definition) is 6. The molecule has 0 spiro atoms. The number of carbonyl (C=O) groups excluding carboxylic acids is 1. The third-order valence-electron chi connectivity index (χ3n) is 4.95. The second-order valence-electron chi connectivity index (χ2n) is 6.85. The van der Waals surface area contributed by atoms with Crippen LogP contribution in [0.2, 0.25) is 0 Å². The number of morpholine rings is 1. The summed E-state index contributed by atoms with van der Waals surface area (Å²) in [5.74, 6) is 0.422. The van der Waals surface area contributed by atoms with E-state index >= 15 is 0 Å².